The zero-order valence-corrected chi connectivity index (χ0v) is 10.8. The summed E-state index contributed by atoms with van der Waals surface area (Å²) in [5.41, 5.74) is 0. The van der Waals surface area contributed by atoms with Crippen LogP contribution in [-0.4, -0.2) is 46.3 Å². The Labute approximate surface area is 110 Å². The molecule has 3 amide bonds. The number of amides is 3. The molecular weight excluding hydrogens is 252 g/mol. The third kappa shape index (κ3) is 5.07. The molecule has 0 aromatic rings. The molecule has 1 saturated heterocycles. The lowest BCUT2D eigenvalue weighted by atomic mass is 10.2. The average Bonchev–Trinajstić information content (AvgIpc) is 2.64. The van der Waals surface area contributed by atoms with Crippen molar-refractivity contribution in [1.82, 2.24) is 10.2 Å². The van der Waals surface area contributed by atoms with Crippen LogP contribution in [0, 0.1) is 0 Å². The fourth-order valence-electron chi connectivity index (χ4n) is 1.84. The highest BCUT2D eigenvalue weighted by Gasteiger charge is 2.28. The van der Waals surface area contributed by atoms with Crippen LogP contribution in [0.15, 0.2) is 0 Å². The molecule has 1 rings (SSSR count). The van der Waals surface area contributed by atoms with E-state index in [1.54, 1.807) is 6.92 Å². The number of aliphatic carboxylic acids is 1. The zero-order chi connectivity index (χ0) is 14.4. The number of nitrogens with one attached hydrogen (secondary N) is 1. The molecular formula is C12H18N2O5. The van der Waals surface area contributed by atoms with Crippen molar-refractivity contribution in [3.05, 3.63) is 0 Å². The van der Waals surface area contributed by atoms with Gasteiger partial charge in [-0.15, -0.1) is 0 Å². The Kier molecular flexibility index (Phi) is 5.47. The highest BCUT2D eigenvalue weighted by Crippen LogP contribution is 2.11. The molecule has 0 aliphatic carbocycles. The molecule has 1 atom stereocenters. The molecule has 7 heteroatoms. The molecule has 7 nitrogen and oxygen atoms in total. The number of hydrogen-bond acceptors (Lipinski definition) is 4. The van der Waals surface area contributed by atoms with Gasteiger partial charge >= 0.3 is 5.97 Å². The maximum absolute atomic E-state index is 11.6. The molecule has 1 aliphatic rings. The first-order valence-electron chi connectivity index (χ1n) is 6.24. The standard InChI is InChI=1S/C12H18N2O5/c1-8(2-5-12(18)19)13-9(15)6-7-14-10(16)3-4-11(14)17/h8H,2-7H2,1H3,(H,13,15)(H,18,19). The van der Waals surface area contributed by atoms with Gasteiger partial charge in [0, 0.05) is 38.3 Å². The Morgan fingerprint density at radius 1 is 1.26 bits per heavy atom. The smallest absolute Gasteiger partial charge is 0.303 e. The molecule has 0 aromatic heterocycles. The maximum atomic E-state index is 11.6. The van der Waals surface area contributed by atoms with E-state index < -0.39 is 5.97 Å². The SMILES string of the molecule is CC(CCC(=O)O)NC(=O)CCN1C(=O)CCC1=O. The monoisotopic (exact) mass is 270 g/mol. The molecule has 106 valence electrons. The number of carbonyl (C=O) groups excluding carboxylic acids is 3. The van der Waals surface area contributed by atoms with Crippen LogP contribution in [0.25, 0.3) is 0 Å². The van der Waals surface area contributed by atoms with E-state index in [1.165, 1.54) is 0 Å². The van der Waals surface area contributed by atoms with Crippen LogP contribution in [0.5, 0.6) is 0 Å². The average molecular weight is 270 g/mol. The lowest BCUT2D eigenvalue weighted by molar-refractivity contribution is -0.139. The first-order valence-corrected chi connectivity index (χ1v) is 6.24. The number of rotatable bonds is 7. The second-order valence-electron chi connectivity index (χ2n) is 4.59. The Balaban J connectivity index is 2.26. The van der Waals surface area contributed by atoms with E-state index in [-0.39, 0.29) is 56.0 Å². The van der Waals surface area contributed by atoms with Crippen LogP contribution in [0.1, 0.15) is 39.0 Å². The van der Waals surface area contributed by atoms with Crippen LogP contribution >= 0.6 is 0 Å². The Morgan fingerprint density at radius 2 is 1.84 bits per heavy atom. The van der Waals surface area contributed by atoms with E-state index in [9.17, 15) is 19.2 Å². The highest BCUT2D eigenvalue weighted by atomic mass is 16.4. The van der Waals surface area contributed by atoms with Gasteiger partial charge in [-0.25, -0.2) is 0 Å². The number of nitrogens with zero attached hydrogens (tertiary/aromatic N) is 1. The summed E-state index contributed by atoms with van der Waals surface area (Å²) in [6.07, 6.45) is 0.826. The summed E-state index contributed by atoms with van der Waals surface area (Å²) in [6, 6.07) is -0.242. The van der Waals surface area contributed by atoms with Crippen LogP contribution < -0.4 is 5.32 Å². The van der Waals surface area contributed by atoms with E-state index in [4.69, 9.17) is 5.11 Å². The minimum atomic E-state index is -0.908. The summed E-state index contributed by atoms with van der Waals surface area (Å²) < 4.78 is 0. The van der Waals surface area contributed by atoms with Crippen molar-refractivity contribution in [1.29, 1.82) is 0 Å². The molecule has 1 fully saturated rings. The molecule has 1 aliphatic heterocycles. The van der Waals surface area contributed by atoms with Crippen LogP contribution in [0.2, 0.25) is 0 Å². The van der Waals surface area contributed by atoms with Gasteiger partial charge in [-0.05, 0) is 13.3 Å². The summed E-state index contributed by atoms with van der Waals surface area (Å²) in [6.45, 7) is 1.81. The van der Waals surface area contributed by atoms with Gasteiger partial charge in [0.05, 0.1) is 0 Å². The highest BCUT2D eigenvalue weighted by molar-refractivity contribution is 6.02. The summed E-state index contributed by atoms with van der Waals surface area (Å²) >= 11 is 0. The van der Waals surface area contributed by atoms with Crippen molar-refractivity contribution < 1.29 is 24.3 Å². The fourth-order valence-corrected chi connectivity index (χ4v) is 1.84. The fraction of sp³-hybridized carbons (Fsp3) is 0.667. The minimum absolute atomic E-state index is 0.00938. The van der Waals surface area contributed by atoms with Gasteiger partial charge in [0.1, 0.15) is 0 Å². The first-order chi connectivity index (χ1) is 8.90. The van der Waals surface area contributed by atoms with Crippen molar-refractivity contribution in [2.75, 3.05) is 6.54 Å². The largest absolute Gasteiger partial charge is 0.481 e. The summed E-state index contributed by atoms with van der Waals surface area (Å²) in [5.74, 6) is -1.67. The van der Waals surface area contributed by atoms with Gasteiger partial charge in [0.2, 0.25) is 17.7 Å². The number of imide groups is 1. The molecule has 2 N–H and O–H groups in total. The van der Waals surface area contributed by atoms with Crippen LogP contribution in [-0.2, 0) is 19.2 Å². The van der Waals surface area contributed by atoms with Crippen LogP contribution in [0.4, 0.5) is 0 Å². The Hall–Kier alpha value is -1.92. The number of carboxylic acids is 1. The van der Waals surface area contributed by atoms with E-state index in [0.29, 0.717) is 6.42 Å². The van der Waals surface area contributed by atoms with E-state index in [2.05, 4.69) is 5.32 Å². The van der Waals surface area contributed by atoms with E-state index in [1.807, 2.05) is 0 Å². The van der Waals surface area contributed by atoms with Gasteiger partial charge < -0.3 is 10.4 Å². The van der Waals surface area contributed by atoms with Crippen molar-refractivity contribution >= 4 is 23.7 Å². The summed E-state index contributed by atoms with van der Waals surface area (Å²) in [4.78, 5) is 45.6. The van der Waals surface area contributed by atoms with Crippen molar-refractivity contribution in [2.24, 2.45) is 0 Å². The molecule has 0 aromatic carbocycles. The molecule has 1 unspecified atom stereocenters. The predicted molar refractivity (Wildman–Crippen MR) is 65.0 cm³/mol. The van der Waals surface area contributed by atoms with Gasteiger partial charge in [0.25, 0.3) is 0 Å². The maximum Gasteiger partial charge on any atom is 0.303 e. The molecule has 0 bridgehead atoms. The summed E-state index contributed by atoms with van der Waals surface area (Å²) in [5, 5.41) is 11.1. The topological polar surface area (TPSA) is 104 Å². The molecule has 0 saturated carbocycles. The summed E-state index contributed by atoms with van der Waals surface area (Å²) in [7, 11) is 0. The van der Waals surface area contributed by atoms with Crippen molar-refractivity contribution in [2.45, 2.75) is 45.1 Å². The van der Waals surface area contributed by atoms with Gasteiger partial charge in [-0.1, -0.05) is 0 Å². The third-order valence-electron chi connectivity index (χ3n) is 2.92. The number of carboxylic acid groups (broad SMARTS) is 1. The van der Waals surface area contributed by atoms with Gasteiger partial charge in [0.15, 0.2) is 0 Å². The first kappa shape index (κ1) is 15.1. The molecule has 0 spiro atoms. The Bertz CT molecular complexity index is 378. The van der Waals surface area contributed by atoms with E-state index >= 15 is 0 Å². The quantitative estimate of drug-likeness (QED) is 0.628. The van der Waals surface area contributed by atoms with Gasteiger partial charge in [-0.3, -0.25) is 24.1 Å². The number of likely N-dealkylation sites (tertiary alicyclic amines) is 1. The lowest BCUT2D eigenvalue weighted by Crippen LogP contribution is -2.37. The lowest BCUT2D eigenvalue weighted by Gasteiger charge is -2.16. The second-order valence-corrected chi connectivity index (χ2v) is 4.59. The normalized spacial score (nSPS) is 16.6. The molecule has 1 heterocycles. The predicted octanol–water partition coefficient (Wildman–Crippen LogP) is -0.105. The van der Waals surface area contributed by atoms with E-state index in [0.717, 1.165) is 4.90 Å². The molecule has 19 heavy (non-hydrogen) atoms. The second kappa shape index (κ2) is 6.86. The molecule has 0 radical (unpaired) electrons. The van der Waals surface area contributed by atoms with Crippen molar-refractivity contribution in [3.8, 4) is 0 Å². The van der Waals surface area contributed by atoms with Crippen LogP contribution in [0.3, 0.4) is 0 Å². The van der Waals surface area contributed by atoms with Gasteiger partial charge in [-0.2, -0.15) is 0 Å². The van der Waals surface area contributed by atoms with Crippen molar-refractivity contribution in [3.63, 3.8) is 0 Å². The number of carbonyl (C=O) groups is 4. The number of hydrogen-bond donors (Lipinski definition) is 2. The third-order valence-corrected chi connectivity index (χ3v) is 2.92. The minimum Gasteiger partial charge on any atom is -0.481 e. The Morgan fingerprint density at radius 3 is 2.37 bits per heavy atom. The zero-order valence-electron chi connectivity index (χ0n) is 10.8.